The highest BCUT2D eigenvalue weighted by molar-refractivity contribution is 5.79. The third-order valence-corrected chi connectivity index (χ3v) is 5.69. The van der Waals surface area contributed by atoms with Gasteiger partial charge in [0.15, 0.2) is 0 Å². The molecule has 0 aliphatic carbocycles. The Bertz CT molecular complexity index is 1030. The molecule has 1 atom stereocenters. The number of carbonyl (C=O) groups excluding carboxylic acids is 1. The number of hydrogen-bond donors (Lipinski definition) is 1. The molecule has 0 radical (unpaired) electrons. The van der Waals surface area contributed by atoms with Crippen molar-refractivity contribution in [3.63, 3.8) is 0 Å². The molecule has 1 unspecified atom stereocenters. The zero-order chi connectivity index (χ0) is 22.3. The minimum atomic E-state index is -0.0432. The Balaban J connectivity index is 1.30. The Hall–Kier alpha value is -3.19. The van der Waals surface area contributed by atoms with Crippen LogP contribution in [-0.2, 0) is 17.9 Å². The molecule has 2 aromatic carbocycles. The first kappa shape index (κ1) is 22.0. The van der Waals surface area contributed by atoms with Crippen molar-refractivity contribution in [2.24, 2.45) is 5.92 Å². The van der Waals surface area contributed by atoms with E-state index >= 15 is 0 Å². The fourth-order valence-electron chi connectivity index (χ4n) is 3.99. The van der Waals surface area contributed by atoms with E-state index in [2.05, 4.69) is 20.4 Å². The molecule has 0 saturated carbocycles. The first-order valence-electron chi connectivity index (χ1n) is 11.2. The number of ether oxygens (including phenoxy) is 1. The molecule has 0 spiro atoms. The molecular formula is C25H30N4O3. The lowest BCUT2D eigenvalue weighted by Gasteiger charge is -2.30. The van der Waals surface area contributed by atoms with Gasteiger partial charge in [-0.1, -0.05) is 47.1 Å². The maximum Gasteiger partial charge on any atom is 0.241 e. The fourth-order valence-corrected chi connectivity index (χ4v) is 3.99. The molecule has 3 aromatic rings. The predicted molar refractivity (Wildman–Crippen MR) is 122 cm³/mol. The Morgan fingerprint density at radius 1 is 1.25 bits per heavy atom. The molecule has 2 heterocycles. The molecule has 7 heteroatoms. The zero-order valence-electron chi connectivity index (χ0n) is 18.7. The summed E-state index contributed by atoms with van der Waals surface area (Å²) in [4.78, 5) is 19.5. The van der Waals surface area contributed by atoms with E-state index in [9.17, 15) is 4.79 Å². The molecule has 4 rings (SSSR count). The van der Waals surface area contributed by atoms with Crippen LogP contribution >= 0.6 is 0 Å². The summed E-state index contributed by atoms with van der Waals surface area (Å²) >= 11 is 0. The highest BCUT2D eigenvalue weighted by Gasteiger charge is 2.26. The number of hydrogen-bond acceptors (Lipinski definition) is 6. The Morgan fingerprint density at radius 3 is 2.91 bits per heavy atom. The summed E-state index contributed by atoms with van der Waals surface area (Å²) in [5, 5.41) is 7.20. The summed E-state index contributed by atoms with van der Waals surface area (Å²) in [5.41, 5.74) is 3.17. The topological polar surface area (TPSA) is 80.5 Å². The van der Waals surface area contributed by atoms with Gasteiger partial charge >= 0.3 is 0 Å². The monoisotopic (exact) mass is 434 g/mol. The van der Waals surface area contributed by atoms with Crippen LogP contribution in [-0.4, -0.2) is 40.6 Å². The second kappa shape index (κ2) is 10.4. The van der Waals surface area contributed by atoms with Crippen LogP contribution in [0, 0.1) is 12.8 Å². The molecule has 32 heavy (non-hydrogen) atoms. The number of aryl methyl sites for hydroxylation is 1. The zero-order valence-corrected chi connectivity index (χ0v) is 18.7. The number of carbonyl (C=O) groups is 1. The van der Waals surface area contributed by atoms with Crippen LogP contribution in [0.5, 0.6) is 5.75 Å². The van der Waals surface area contributed by atoms with Crippen LogP contribution < -0.4 is 10.1 Å². The van der Waals surface area contributed by atoms with Gasteiger partial charge in [0.1, 0.15) is 5.75 Å². The fraction of sp³-hybridized carbons (Fsp3) is 0.400. The van der Waals surface area contributed by atoms with Gasteiger partial charge in [0.05, 0.1) is 19.1 Å². The molecule has 0 bridgehead atoms. The lowest BCUT2D eigenvalue weighted by Crippen LogP contribution is -2.42. The van der Waals surface area contributed by atoms with E-state index in [1.807, 2.05) is 62.4 Å². The van der Waals surface area contributed by atoms with Crippen molar-refractivity contribution < 1.29 is 14.1 Å². The molecule has 1 aliphatic heterocycles. The normalized spacial score (nSPS) is 16.6. The van der Waals surface area contributed by atoms with Gasteiger partial charge in [-0.25, -0.2) is 0 Å². The molecule has 1 aliphatic rings. The van der Waals surface area contributed by atoms with Crippen molar-refractivity contribution in [1.29, 1.82) is 0 Å². The molecule has 1 saturated heterocycles. The number of likely N-dealkylation sites (tertiary alicyclic amines) is 1. The van der Waals surface area contributed by atoms with Gasteiger partial charge < -0.3 is 14.6 Å². The van der Waals surface area contributed by atoms with E-state index in [4.69, 9.17) is 9.26 Å². The van der Waals surface area contributed by atoms with Gasteiger partial charge in [-0.15, -0.1) is 0 Å². The largest absolute Gasteiger partial charge is 0.494 e. The van der Waals surface area contributed by atoms with Crippen molar-refractivity contribution in [3.05, 3.63) is 65.5 Å². The third-order valence-electron chi connectivity index (χ3n) is 5.69. The van der Waals surface area contributed by atoms with E-state index in [0.29, 0.717) is 38.0 Å². The van der Waals surface area contributed by atoms with Gasteiger partial charge in [0.2, 0.25) is 17.6 Å². The van der Waals surface area contributed by atoms with E-state index in [1.54, 1.807) is 0 Å². The summed E-state index contributed by atoms with van der Waals surface area (Å²) in [7, 11) is 0. The molecule has 1 aromatic heterocycles. The van der Waals surface area contributed by atoms with Crippen molar-refractivity contribution in [1.82, 2.24) is 20.4 Å². The quantitative estimate of drug-likeness (QED) is 0.578. The molecule has 1 fully saturated rings. The van der Waals surface area contributed by atoms with Crippen molar-refractivity contribution in [3.8, 4) is 17.1 Å². The second-order valence-corrected chi connectivity index (χ2v) is 8.25. The number of nitrogens with zero attached hydrogens (tertiary/aromatic N) is 3. The molecular weight excluding hydrogens is 404 g/mol. The summed E-state index contributed by atoms with van der Waals surface area (Å²) < 4.78 is 11.0. The van der Waals surface area contributed by atoms with Gasteiger partial charge in [0.25, 0.3) is 0 Å². The molecule has 7 nitrogen and oxygen atoms in total. The second-order valence-electron chi connectivity index (χ2n) is 8.25. The van der Waals surface area contributed by atoms with Gasteiger partial charge in [0, 0.05) is 18.7 Å². The smallest absolute Gasteiger partial charge is 0.241 e. The first-order chi connectivity index (χ1) is 15.6. The Labute approximate surface area is 188 Å². The standard InChI is InChI=1S/C25H30N4O3/c1-3-31-22-8-4-6-19(14-22)15-26-25(30)21-7-5-13-29(16-21)17-23-27-24(28-32-23)20-11-9-18(2)10-12-20/h4,6,8-12,14,21H,3,5,7,13,15-17H2,1-2H3,(H,26,30). The molecule has 168 valence electrons. The Kier molecular flexibility index (Phi) is 7.17. The van der Waals surface area contributed by atoms with E-state index < -0.39 is 0 Å². The summed E-state index contributed by atoms with van der Waals surface area (Å²) in [5.74, 6) is 2.04. The van der Waals surface area contributed by atoms with E-state index in [0.717, 1.165) is 36.3 Å². The third kappa shape index (κ3) is 5.73. The minimum absolute atomic E-state index is 0.0432. The number of aromatic nitrogens is 2. The number of benzene rings is 2. The minimum Gasteiger partial charge on any atom is -0.494 e. The summed E-state index contributed by atoms with van der Waals surface area (Å²) in [6.07, 6.45) is 1.86. The van der Waals surface area contributed by atoms with Crippen molar-refractivity contribution in [2.45, 2.75) is 39.8 Å². The van der Waals surface area contributed by atoms with Crippen LogP contribution in [0.15, 0.2) is 53.1 Å². The average Bonchev–Trinajstić information content (AvgIpc) is 3.27. The number of nitrogens with one attached hydrogen (secondary N) is 1. The lowest BCUT2D eigenvalue weighted by molar-refractivity contribution is -0.127. The van der Waals surface area contributed by atoms with E-state index in [-0.39, 0.29) is 11.8 Å². The van der Waals surface area contributed by atoms with Crippen LogP contribution in [0.2, 0.25) is 0 Å². The number of amides is 1. The van der Waals surface area contributed by atoms with Crippen LogP contribution in [0.1, 0.15) is 36.8 Å². The summed E-state index contributed by atoms with van der Waals surface area (Å²) in [6.45, 7) is 7.29. The summed E-state index contributed by atoms with van der Waals surface area (Å²) in [6, 6.07) is 15.9. The average molecular weight is 435 g/mol. The van der Waals surface area contributed by atoms with Crippen LogP contribution in [0.3, 0.4) is 0 Å². The highest BCUT2D eigenvalue weighted by atomic mass is 16.5. The Morgan fingerprint density at radius 2 is 2.09 bits per heavy atom. The maximum atomic E-state index is 12.8. The predicted octanol–water partition coefficient (Wildman–Crippen LogP) is 3.97. The van der Waals surface area contributed by atoms with Crippen LogP contribution in [0.25, 0.3) is 11.4 Å². The first-order valence-corrected chi connectivity index (χ1v) is 11.2. The van der Waals surface area contributed by atoms with E-state index in [1.165, 1.54) is 5.56 Å². The lowest BCUT2D eigenvalue weighted by atomic mass is 9.97. The molecule has 1 amide bonds. The van der Waals surface area contributed by atoms with Gasteiger partial charge in [-0.2, -0.15) is 4.98 Å². The number of piperidine rings is 1. The molecule has 1 N–H and O–H groups in total. The maximum absolute atomic E-state index is 12.8. The highest BCUT2D eigenvalue weighted by Crippen LogP contribution is 2.21. The van der Waals surface area contributed by atoms with Crippen LogP contribution in [0.4, 0.5) is 0 Å². The van der Waals surface area contributed by atoms with Crippen molar-refractivity contribution >= 4 is 5.91 Å². The van der Waals surface area contributed by atoms with Crippen molar-refractivity contribution in [2.75, 3.05) is 19.7 Å². The van der Waals surface area contributed by atoms with Gasteiger partial charge in [-0.05, 0) is 50.9 Å². The number of rotatable bonds is 8. The van der Waals surface area contributed by atoms with Gasteiger partial charge in [-0.3, -0.25) is 9.69 Å². The SMILES string of the molecule is CCOc1cccc(CNC(=O)C2CCCN(Cc3nc(-c4ccc(C)cc4)no3)C2)c1.